The van der Waals surface area contributed by atoms with Gasteiger partial charge in [-0.1, -0.05) is 32.1 Å². The molecule has 2 atom stereocenters. The van der Waals surface area contributed by atoms with E-state index in [0.717, 1.165) is 18.4 Å². The van der Waals surface area contributed by atoms with Crippen molar-refractivity contribution in [2.75, 3.05) is 13.2 Å². The molecule has 2 fully saturated rings. The van der Waals surface area contributed by atoms with E-state index < -0.39 is 5.41 Å². The smallest absolute Gasteiger partial charge is 0.862 e. The van der Waals surface area contributed by atoms with E-state index in [9.17, 15) is 14.0 Å². The molecule has 3 rings (SSSR count). The Kier molecular flexibility index (Phi) is 14.4. The first kappa shape index (κ1) is 33.6. The number of nitrogens with one attached hydrogen (secondary N) is 1. The van der Waals surface area contributed by atoms with Crippen molar-refractivity contribution in [1.82, 2.24) is 5.32 Å². The van der Waals surface area contributed by atoms with Gasteiger partial charge >= 0.3 is 51.4 Å². The van der Waals surface area contributed by atoms with Gasteiger partial charge in [0.25, 0.3) is 0 Å². The Morgan fingerprint density at radius 2 is 2.00 bits per heavy atom. The number of carbonyl (C=O) groups excluding carboxylic acids is 2. The number of benzene rings is 1. The molecule has 1 aromatic carbocycles. The number of rotatable bonds is 9. The fourth-order valence-corrected chi connectivity index (χ4v) is 4.47. The van der Waals surface area contributed by atoms with Crippen LogP contribution in [0.1, 0.15) is 58.1 Å². The molecule has 0 spiro atoms. The van der Waals surface area contributed by atoms with E-state index in [2.05, 4.69) is 24.9 Å². The van der Waals surface area contributed by atoms with Crippen molar-refractivity contribution < 1.29 is 74.8 Å². The minimum atomic E-state index is -0.803. The largest absolute Gasteiger partial charge is 1.00 e. The number of nitrogens with zero attached hydrogens (tertiary/aromatic N) is 1. The molecule has 2 aliphatic rings. The number of hydrogen-bond donors (Lipinski definition) is 1. The van der Waals surface area contributed by atoms with Gasteiger partial charge < -0.3 is 20.2 Å². The van der Waals surface area contributed by atoms with E-state index >= 15 is 0 Å². The van der Waals surface area contributed by atoms with Crippen LogP contribution in [0.4, 0.5) is 4.39 Å². The summed E-state index contributed by atoms with van der Waals surface area (Å²) >= 11 is 0. The van der Waals surface area contributed by atoms with E-state index in [1.165, 1.54) is 13.0 Å². The predicted octanol–water partition coefficient (Wildman–Crippen LogP) is 2.15. The zero-order chi connectivity index (χ0) is 26.9. The van der Waals surface area contributed by atoms with Crippen LogP contribution in [0.3, 0.4) is 0 Å². The van der Waals surface area contributed by atoms with Gasteiger partial charge in [0.2, 0.25) is 5.91 Å². The molecule has 196 valence electrons. The van der Waals surface area contributed by atoms with Crippen LogP contribution >= 0.6 is 0 Å². The first-order valence-electron chi connectivity index (χ1n) is 12.3. The topological polar surface area (TPSA) is 86.9 Å². The summed E-state index contributed by atoms with van der Waals surface area (Å²) in [5, 5.41) is 11.6. The minimum Gasteiger partial charge on any atom is -0.862 e. The second-order valence-electron chi connectivity index (χ2n) is 9.50. The maximum absolute atomic E-state index is 14.3. The molecule has 1 aromatic rings. The summed E-state index contributed by atoms with van der Waals surface area (Å²) in [4.78, 5) is 23.2. The van der Waals surface area contributed by atoms with Gasteiger partial charge in [0.1, 0.15) is 11.6 Å². The van der Waals surface area contributed by atoms with Crippen LogP contribution < -0.4 is 56.7 Å². The van der Waals surface area contributed by atoms with Crippen molar-refractivity contribution >= 4 is 17.9 Å². The average Bonchev–Trinajstić information content (AvgIpc) is 3.20. The normalized spacial score (nSPS) is 24.7. The number of allylic oxidation sites excluding steroid dienone is 5. The average molecular weight is 536 g/mol. The third kappa shape index (κ3) is 9.37. The Balaban J connectivity index is 0.000000479. The van der Waals surface area contributed by atoms with Crippen LogP contribution in [-0.2, 0) is 24.5 Å². The number of ketones is 1. The Bertz CT molecular complexity index is 1010. The number of amides is 1. The summed E-state index contributed by atoms with van der Waals surface area (Å²) < 4.78 is 25.4. The van der Waals surface area contributed by atoms with Crippen molar-refractivity contribution in [3.05, 3.63) is 76.7 Å². The van der Waals surface area contributed by atoms with Crippen LogP contribution in [-0.4, -0.2) is 43.3 Å². The number of Topliss-reactive ketones (excluding diaryl/α,β-unsaturated/α-hetero) is 1. The molecule has 1 saturated carbocycles. The second kappa shape index (κ2) is 15.9. The van der Waals surface area contributed by atoms with Gasteiger partial charge in [-0.3, -0.25) is 15.8 Å². The van der Waals surface area contributed by atoms with Crippen molar-refractivity contribution in [2.24, 2.45) is 5.92 Å². The Labute approximate surface area is 263 Å². The zero-order valence-electron chi connectivity index (χ0n) is 22.9. The number of halogens is 1. The number of hydrogen-bond acceptors (Lipinski definition) is 4. The fraction of sp³-hybridized carbons (Fsp3) is 0.483. The molecule has 8 heteroatoms. The molecule has 1 aliphatic heterocycles. The summed E-state index contributed by atoms with van der Waals surface area (Å²) in [7, 11) is 0. The van der Waals surface area contributed by atoms with Crippen molar-refractivity contribution in [3.8, 4) is 0 Å². The predicted molar refractivity (Wildman–Crippen MR) is 140 cm³/mol. The Morgan fingerprint density at radius 1 is 1.32 bits per heavy atom. The summed E-state index contributed by atoms with van der Waals surface area (Å²) in [5.41, 5.74) is 0.838. The summed E-state index contributed by atoms with van der Waals surface area (Å²) in [6.07, 6.45) is 8.27. The second-order valence-corrected chi connectivity index (χ2v) is 9.50. The standard InChI is InChI=1S/C21H22FNO2.C8H15NO2.K/c1-14(13-23)7-5-9-16(3)25-18-11-21(12-18,17(4)24)20-15(2)8-6-10-19(20)22;1-3-8(10)9-7-5-11-4-6(7)2;/h5-6,8-10,13,18H,1,11-12H2,2-4H3;6-7H,3-5H2,1-2H3,(H,9,10);/q-2;;+1/b16-9+;;. The van der Waals surface area contributed by atoms with Crippen molar-refractivity contribution in [1.29, 1.82) is 0 Å². The third-order valence-electron chi connectivity index (χ3n) is 6.65. The molecule has 0 bridgehead atoms. The molecule has 1 amide bonds. The molecule has 6 nitrogen and oxygen atoms in total. The van der Waals surface area contributed by atoms with Crippen LogP contribution in [0.25, 0.3) is 5.41 Å². The van der Waals surface area contributed by atoms with Crippen LogP contribution in [0, 0.1) is 24.7 Å². The first-order valence-corrected chi connectivity index (χ1v) is 12.3. The van der Waals surface area contributed by atoms with Crippen molar-refractivity contribution in [2.45, 2.75) is 71.4 Å². The van der Waals surface area contributed by atoms with Gasteiger partial charge in [-0.25, -0.2) is 4.39 Å². The Morgan fingerprint density at radius 3 is 2.51 bits per heavy atom. The molecule has 37 heavy (non-hydrogen) atoms. The molecule has 0 radical (unpaired) electrons. The Hall–Kier alpha value is -1.42. The monoisotopic (exact) mass is 535 g/mol. The summed E-state index contributed by atoms with van der Waals surface area (Å²) in [6, 6.07) is 5.12. The van der Waals surface area contributed by atoms with E-state index in [4.69, 9.17) is 14.9 Å². The molecular weight excluding hydrogens is 498 g/mol. The van der Waals surface area contributed by atoms with Gasteiger partial charge in [-0.05, 0) is 32.4 Å². The third-order valence-corrected chi connectivity index (χ3v) is 6.65. The van der Waals surface area contributed by atoms with E-state index in [1.54, 1.807) is 25.1 Å². The van der Waals surface area contributed by atoms with Crippen LogP contribution in [0.15, 0.2) is 48.3 Å². The maximum atomic E-state index is 14.3. The van der Waals surface area contributed by atoms with Gasteiger partial charge in [0.15, 0.2) is 0 Å². The molecule has 1 aliphatic carbocycles. The molecule has 1 N–H and O–H groups in total. The van der Waals surface area contributed by atoms with E-state index in [0.29, 0.717) is 48.7 Å². The number of carbonyl (C=O) groups is 2. The zero-order valence-corrected chi connectivity index (χ0v) is 26.0. The van der Waals surface area contributed by atoms with Crippen LogP contribution in [0.2, 0.25) is 0 Å². The summed E-state index contributed by atoms with van der Waals surface area (Å²) in [5.74, 6) is 0.867. The quantitative estimate of drug-likeness (QED) is 0.173. The first-order chi connectivity index (χ1) is 17.0. The van der Waals surface area contributed by atoms with Gasteiger partial charge in [0.05, 0.1) is 36.5 Å². The SMILES string of the molecule is C=C([C-]=C/C=C(\C)OC1CC(C(C)=O)(c2c(C)cccc2F)C1)C=[N-].CCC(=O)NC1COCC1C.[K+]. The van der Waals surface area contributed by atoms with E-state index in [1.807, 2.05) is 19.9 Å². The number of ether oxygens (including phenoxy) is 2. The van der Waals surface area contributed by atoms with Gasteiger partial charge in [-0.2, -0.15) is 12.2 Å². The minimum absolute atomic E-state index is 0. The molecule has 2 unspecified atom stereocenters. The summed E-state index contributed by atoms with van der Waals surface area (Å²) in [6.45, 7) is 14.1. The van der Waals surface area contributed by atoms with Crippen molar-refractivity contribution in [3.63, 3.8) is 0 Å². The molecule has 1 saturated heterocycles. The molecular formula is C29H37FKN2O4-. The fourth-order valence-electron chi connectivity index (χ4n) is 4.47. The molecule has 0 aromatic heterocycles. The van der Waals surface area contributed by atoms with Gasteiger partial charge in [-0.15, -0.1) is 12.2 Å². The molecule has 1 heterocycles. The van der Waals surface area contributed by atoms with Crippen LogP contribution in [0.5, 0.6) is 0 Å². The maximum Gasteiger partial charge on any atom is 1.00 e. The number of aryl methyl sites for hydroxylation is 1. The van der Waals surface area contributed by atoms with E-state index in [-0.39, 0.29) is 81.0 Å². The van der Waals surface area contributed by atoms with Gasteiger partial charge in [0, 0.05) is 30.7 Å².